The number of thiophene rings is 1. The van der Waals surface area contributed by atoms with Crippen molar-refractivity contribution in [1.82, 2.24) is 9.97 Å². The van der Waals surface area contributed by atoms with E-state index in [0.717, 1.165) is 23.1 Å². The van der Waals surface area contributed by atoms with E-state index in [2.05, 4.69) is 16.5 Å². The molecule has 0 radical (unpaired) electrons. The second-order valence-corrected chi connectivity index (χ2v) is 5.87. The predicted molar refractivity (Wildman–Crippen MR) is 81.8 cm³/mol. The van der Waals surface area contributed by atoms with Crippen LogP contribution in [0.2, 0.25) is 0 Å². The number of nitrogens with zero attached hydrogens (tertiary/aromatic N) is 1. The van der Waals surface area contributed by atoms with Crippen molar-refractivity contribution in [1.29, 1.82) is 0 Å². The fourth-order valence-electron chi connectivity index (χ4n) is 2.16. The summed E-state index contributed by atoms with van der Waals surface area (Å²) in [5, 5.41) is 0.730. The molecule has 0 aliphatic carbocycles. The van der Waals surface area contributed by atoms with Crippen LogP contribution in [0.3, 0.4) is 0 Å². The number of nitrogens with one attached hydrogen (secondary N) is 1. The highest BCUT2D eigenvalue weighted by Gasteiger charge is 2.05. The van der Waals surface area contributed by atoms with E-state index in [9.17, 15) is 4.79 Å². The summed E-state index contributed by atoms with van der Waals surface area (Å²) in [6, 6.07) is 1.99. The van der Waals surface area contributed by atoms with Gasteiger partial charge in [-0.25, -0.2) is 4.98 Å². The van der Waals surface area contributed by atoms with Crippen LogP contribution in [0.5, 0.6) is 0 Å². The minimum absolute atomic E-state index is 0.0306. The van der Waals surface area contributed by atoms with Gasteiger partial charge in [-0.2, -0.15) is 0 Å². The lowest BCUT2D eigenvalue weighted by Crippen LogP contribution is -2.03. The summed E-state index contributed by atoms with van der Waals surface area (Å²) in [4.78, 5) is 20.5. The molecule has 3 nitrogen and oxygen atoms in total. The molecule has 0 saturated carbocycles. The van der Waals surface area contributed by atoms with Crippen LogP contribution in [0, 0.1) is 0 Å². The highest BCUT2D eigenvalue weighted by molar-refractivity contribution is 7.18. The Morgan fingerprint density at radius 2 is 2.05 bits per heavy atom. The highest BCUT2D eigenvalue weighted by atomic mass is 32.1. The van der Waals surface area contributed by atoms with E-state index in [1.54, 1.807) is 11.3 Å². The molecule has 2 aromatic rings. The van der Waals surface area contributed by atoms with Gasteiger partial charge in [-0.15, -0.1) is 17.9 Å². The first-order chi connectivity index (χ1) is 9.31. The topological polar surface area (TPSA) is 45.8 Å². The number of H-pyrrole nitrogens is 1. The van der Waals surface area contributed by atoms with E-state index < -0.39 is 0 Å². The molecular weight excluding hydrogens is 256 g/mol. The van der Waals surface area contributed by atoms with Crippen LogP contribution in [0.15, 0.2) is 29.8 Å². The largest absolute Gasteiger partial charge is 0.313 e. The van der Waals surface area contributed by atoms with Gasteiger partial charge in [-0.1, -0.05) is 25.3 Å². The molecule has 102 valence electrons. The van der Waals surface area contributed by atoms with Crippen molar-refractivity contribution < 1.29 is 0 Å². The molecule has 0 aliphatic heterocycles. The number of fused-ring (bicyclic) bond motifs is 1. The fourth-order valence-corrected chi connectivity index (χ4v) is 3.20. The summed E-state index contributed by atoms with van der Waals surface area (Å²) in [6.07, 6.45) is 11.9. The Hall–Kier alpha value is -1.42. The summed E-state index contributed by atoms with van der Waals surface area (Å²) in [7, 11) is 0. The zero-order chi connectivity index (χ0) is 13.5. The maximum absolute atomic E-state index is 11.6. The van der Waals surface area contributed by atoms with E-state index in [0.29, 0.717) is 0 Å². The van der Waals surface area contributed by atoms with Gasteiger partial charge in [0.1, 0.15) is 4.83 Å². The standard InChI is InChI=1S/C15H20N2OS/c1-2-3-4-5-6-7-8-9-12-10-13-14(18)16-11-17-15(13)19-12/h2,10-11H,1,3-9H2,(H,16,17,18). The van der Waals surface area contributed by atoms with Crippen molar-refractivity contribution in [2.45, 2.75) is 44.9 Å². The Kier molecular flexibility index (Phi) is 5.33. The third kappa shape index (κ3) is 4.03. The van der Waals surface area contributed by atoms with Crippen molar-refractivity contribution in [3.63, 3.8) is 0 Å². The van der Waals surface area contributed by atoms with E-state index in [1.165, 1.54) is 43.3 Å². The van der Waals surface area contributed by atoms with E-state index in [4.69, 9.17) is 0 Å². The first-order valence-corrected chi connectivity index (χ1v) is 7.70. The van der Waals surface area contributed by atoms with Crippen LogP contribution in [0.4, 0.5) is 0 Å². The van der Waals surface area contributed by atoms with E-state index in [-0.39, 0.29) is 5.56 Å². The average Bonchev–Trinajstić information content (AvgIpc) is 2.82. The monoisotopic (exact) mass is 276 g/mol. The lowest BCUT2D eigenvalue weighted by atomic mass is 10.1. The van der Waals surface area contributed by atoms with E-state index in [1.807, 2.05) is 12.1 Å². The van der Waals surface area contributed by atoms with Gasteiger partial charge >= 0.3 is 0 Å². The Morgan fingerprint density at radius 1 is 1.26 bits per heavy atom. The van der Waals surface area contributed by atoms with Gasteiger partial charge in [0.2, 0.25) is 0 Å². The molecule has 0 atom stereocenters. The minimum Gasteiger partial charge on any atom is -0.313 e. The molecule has 0 unspecified atom stereocenters. The van der Waals surface area contributed by atoms with Gasteiger partial charge in [-0.05, 0) is 31.7 Å². The quantitative estimate of drug-likeness (QED) is 0.584. The first-order valence-electron chi connectivity index (χ1n) is 6.88. The molecular formula is C15H20N2OS. The van der Waals surface area contributed by atoms with Gasteiger partial charge in [-0.3, -0.25) is 4.79 Å². The predicted octanol–water partition coefficient (Wildman–Crippen LogP) is 4.05. The van der Waals surface area contributed by atoms with Crippen molar-refractivity contribution in [3.8, 4) is 0 Å². The lowest BCUT2D eigenvalue weighted by Gasteiger charge is -1.99. The molecule has 0 aromatic carbocycles. The normalized spacial score (nSPS) is 10.9. The highest BCUT2D eigenvalue weighted by Crippen LogP contribution is 2.22. The second kappa shape index (κ2) is 7.24. The minimum atomic E-state index is -0.0306. The van der Waals surface area contributed by atoms with Crippen LogP contribution in [0.1, 0.15) is 43.4 Å². The number of aromatic nitrogens is 2. The van der Waals surface area contributed by atoms with Crippen molar-refractivity contribution in [2.75, 3.05) is 0 Å². The average molecular weight is 276 g/mol. The number of aromatic amines is 1. The molecule has 4 heteroatoms. The number of allylic oxidation sites excluding steroid dienone is 1. The second-order valence-electron chi connectivity index (χ2n) is 4.76. The molecule has 0 saturated heterocycles. The number of hydrogen-bond acceptors (Lipinski definition) is 3. The molecule has 2 rings (SSSR count). The molecule has 0 fully saturated rings. The summed E-state index contributed by atoms with van der Waals surface area (Å²) >= 11 is 1.64. The van der Waals surface area contributed by atoms with Crippen LogP contribution in [-0.4, -0.2) is 9.97 Å². The number of rotatable bonds is 8. The number of hydrogen-bond donors (Lipinski definition) is 1. The Morgan fingerprint density at radius 3 is 2.84 bits per heavy atom. The SMILES string of the molecule is C=CCCCCCCCc1cc2c(=O)[nH]cnc2s1. The summed E-state index contributed by atoms with van der Waals surface area (Å²) < 4.78 is 0. The van der Waals surface area contributed by atoms with Crippen LogP contribution in [-0.2, 0) is 6.42 Å². The Bertz CT molecular complexity index is 585. The van der Waals surface area contributed by atoms with E-state index >= 15 is 0 Å². The Balaban J connectivity index is 1.77. The lowest BCUT2D eigenvalue weighted by molar-refractivity contribution is 0.620. The molecule has 0 spiro atoms. The summed E-state index contributed by atoms with van der Waals surface area (Å²) in [6.45, 7) is 3.73. The molecule has 1 N–H and O–H groups in total. The van der Waals surface area contributed by atoms with Crippen LogP contribution >= 0.6 is 11.3 Å². The molecule has 2 heterocycles. The zero-order valence-corrected chi connectivity index (χ0v) is 12.0. The molecule has 19 heavy (non-hydrogen) atoms. The van der Waals surface area contributed by atoms with Gasteiger partial charge in [0.05, 0.1) is 11.7 Å². The van der Waals surface area contributed by atoms with Crippen molar-refractivity contribution >= 4 is 21.6 Å². The third-order valence-corrected chi connectivity index (χ3v) is 4.32. The summed E-state index contributed by atoms with van der Waals surface area (Å²) in [5.74, 6) is 0. The maximum Gasteiger partial charge on any atom is 0.259 e. The number of aryl methyl sites for hydroxylation is 1. The van der Waals surface area contributed by atoms with Crippen LogP contribution in [0.25, 0.3) is 10.2 Å². The Labute approximate surface area is 117 Å². The van der Waals surface area contributed by atoms with Crippen molar-refractivity contribution in [2.24, 2.45) is 0 Å². The number of unbranched alkanes of at least 4 members (excludes halogenated alkanes) is 5. The third-order valence-electron chi connectivity index (χ3n) is 3.22. The van der Waals surface area contributed by atoms with Crippen LogP contribution < -0.4 is 5.56 Å². The van der Waals surface area contributed by atoms with Gasteiger partial charge in [0, 0.05) is 4.88 Å². The van der Waals surface area contributed by atoms with Gasteiger partial charge in [0.15, 0.2) is 0 Å². The first kappa shape index (κ1) is 14.0. The summed E-state index contributed by atoms with van der Waals surface area (Å²) in [5.41, 5.74) is -0.0306. The molecule has 0 bridgehead atoms. The van der Waals surface area contributed by atoms with Gasteiger partial charge < -0.3 is 4.98 Å². The fraction of sp³-hybridized carbons (Fsp3) is 0.467. The smallest absolute Gasteiger partial charge is 0.259 e. The molecule has 2 aromatic heterocycles. The maximum atomic E-state index is 11.6. The van der Waals surface area contributed by atoms with Gasteiger partial charge in [0.25, 0.3) is 5.56 Å². The molecule has 0 amide bonds. The zero-order valence-electron chi connectivity index (χ0n) is 11.2. The van der Waals surface area contributed by atoms with Crippen molar-refractivity contribution in [3.05, 3.63) is 40.3 Å². The molecule has 0 aliphatic rings.